The molecule has 0 radical (unpaired) electrons. The molecule has 0 aromatic carbocycles. The molecule has 0 saturated heterocycles. The summed E-state index contributed by atoms with van der Waals surface area (Å²) in [7, 11) is 0. The molecular weight excluding hydrogens is 234 g/mol. The van der Waals surface area contributed by atoms with Crippen molar-refractivity contribution in [3.63, 3.8) is 0 Å². The summed E-state index contributed by atoms with van der Waals surface area (Å²) in [4.78, 5) is 4.21. The van der Waals surface area contributed by atoms with Gasteiger partial charge >= 0.3 is 0 Å². The Labute approximate surface area is 116 Å². The second-order valence-electron chi connectivity index (χ2n) is 6.32. The molecule has 1 heterocycles. The van der Waals surface area contributed by atoms with Crippen molar-refractivity contribution < 1.29 is 0 Å². The summed E-state index contributed by atoms with van der Waals surface area (Å²) < 4.78 is 2.31. The molecule has 2 aliphatic carbocycles. The van der Waals surface area contributed by atoms with E-state index in [1.165, 1.54) is 64.2 Å². The van der Waals surface area contributed by atoms with Crippen molar-refractivity contribution in [1.29, 1.82) is 0 Å². The minimum atomic E-state index is 0.632. The summed E-state index contributed by atoms with van der Waals surface area (Å²) in [6, 6.07) is 2.06. The largest absolute Gasteiger partial charge is 0.333 e. The van der Waals surface area contributed by atoms with Crippen LogP contribution in [0.2, 0.25) is 0 Å². The average molecular weight is 261 g/mol. The lowest BCUT2D eigenvalue weighted by atomic mass is 9.95. The van der Waals surface area contributed by atoms with Gasteiger partial charge in [-0.3, -0.25) is 0 Å². The van der Waals surface area contributed by atoms with E-state index >= 15 is 0 Å². The lowest BCUT2D eigenvalue weighted by Crippen LogP contribution is -2.41. The van der Waals surface area contributed by atoms with E-state index in [-0.39, 0.29) is 0 Å². The molecular formula is C16H27N3. The van der Waals surface area contributed by atoms with Crippen LogP contribution in [0, 0.1) is 0 Å². The molecule has 0 spiro atoms. The summed E-state index contributed by atoms with van der Waals surface area (Å²) in [6.07, 6.45) is 19.9. The van der Waals surface area contributed by atoms with E-state index in [4.69, 9.17) is 0 Å². The molecule has 2 saturated carbocycles. The van der Waals surface area contributed by atoms with Crippen LogP contribution in [0.3, 0.4) is 0 Å². The smallest absolute Gasteiger partial charge is 0.0949 e. The first-order valence-electron chi connectivity index (χ1n) is 8.17. The van der Waals surface area contributed by atoms with Crippen LogP contribution in [0.1, 0.15) is 70.3 Å². The monoisotopic (exact) mass is 261 g/mol. The van der Waals surface area contributed by atoms with E-state index in [0.717, 1.165) is 6.04 Å². The van der Waals surface area contributed by atoms with Crippen molar-refractivity contribution >= 4 is 0 Å². The number of aromatic nitrogens is 2. The lowest BCUT2D eigenvalue weighted by molar-refractivity contribution is 0.310. The molecule has 106 valence electrons. The SMILES string of the molecule is c1cn(C2CCCC2NC2CCCCCCC2)cn1. The fraction of sp³-hybridized carbons (Fsp3) is 0.812. The Balaban J connectivity index is 1.58. The Hall–Kier alpha value is -0.830. The Kier molecular flexibility index (Phi) is 4.54. The van der Waals surface area contributed by atoms with Crippen molar-refractivity contribution in [1.82, 2.24) is 14.9 Å². The Morgan fingerprint density at radius 3 is 2.42 bits per heavy atom. The topological polar surface area (TPSA) is 29.9 Å². The van der Waals surface area contributed by atoms with Crippen LogP contribution < -0.4 is 5.32 Å². The van der Waals surface area contributed by atoms with E-state index in [9.17, 15) is 0 Å². The number of imidazole rings is 1. The summed E-state index contributed by atoms with van der Waals surface area (Å²) in [5, 5.41) is 3.98. The summed E-state index contributed by atoms with van der Waals surface area (Å²) in [5.41, 5.74) is 0. The number of hydrogen-bond acceptors (Lipinski definition) is 2. The van der Waals surface area contributed by atoms with Crippen molar-refractivity contribution in [2.75, 3.05) is 0 Å². The molecule has 2 aliphatic rings. The molecule has 19 heavy (non-hydrogen) atoms. The minimum Gasteiger partial charge on any atom is -0.333 e. The Morgan fingerprint density at radius 1 is 0.895 bits per heavy atom. The standard InChI is InChI=1S/C16H27N3/c1-2-4-7-14(8-5-3-1)18-15-9-6-10-16(15)19-12-11-17-13-19/h11-16,18H,1-10H2. The van der Waals surface area contributed by atoms with Gasteiger partial charge in [0, 0.05) is 30.5 Å². The fourth-order valence-corrected chi connectivity index (χ4v) is 3.88. The van der Waals surface area contributed by atoms with Crippen LogP contribution >= 0.6 is 0 Å². The summed E-state index contributed by atoms with van der Waals surface area (Å²) in [5.74, 6) is 0. The van der Waals surface area contributed by atoms with Gasteiger partial charge in [-0.25, -0.2) is 4.98 Å². The van der Waals surface area contributed by atoms with E-state index in [2.05, 4.69) is 21.1 Å². The second-order valence-corrected chi connectivity index (χ2v) is 6.32. The third kappa shape index (κ3) is 3.38. The third-order valence-corrected chi connectivity index (χ3v) is 4.94. The van der Waals surface area contributed by atoms with Crippen molar-refractivity contribution in [3.8, 4) is 0 Å². The molecule has 3 nitrogen and oxygen atoms in total. The van der Waals surface area contributed by atoms with Crippen LogP contribution in [0.5, 0.6) is 0 Å². The predicted octanol–water partition coefficient (Wildman–Crippen LogP) is 3.68. The quantitative estimate of drug-likeness (QED) is 0.899. The van der Waals surface area contributed by atoms with E-state index in [0.29, 0.717) is 12.1 Å². The Bertz CT molecular complexity index is 352. The van der Waals surface area contributed by atoms with Crippen LogP contribution in [0.15, 0.2) is 18.7 Å². The number of nitrogens with one attached hydrogen (secondary N) is 1. The normalized spacial score (nSPS) is 30.1. The zero-order chi connectivity index (χ0) is 12.9. The highest BCUT2D eigenvalue weighted by molar-refractivity contribution is 4.93. The summed E-state index contributed by atoms with van der Waals surface area (Å²) >= 11 is 0. The number of rotatable bonds is 3. The first-order chi connectivity index (χ1) is 9.43. The first-order valence-corrected chi connectivity index (χ1v) is 8.17. The summed E-state index contributed by atoms with van der Waals surface area (Å²) in [6.45, 7) is 0. The Morgan fingerprint density at radius 2 is 1.68 bits per heavy atom. The van der Waals surface area contributed by atoms with Gasteiger partial charge in [-0.1, -0.05) is 32.1 Å². The fourth-order valence-electron chi connectivity index (χ4n) is 3.88. The molecule has 1 aromatic heterocycles. The van der Waals surface area contributed by atoms with Gasteiger partial charge in [0.15, 0.2) is 0 Å². The van der Waals surface area contributed by atoms with Gasteiger partial charge in [-0.2, -0.15) is 0 Å². The van der Waals surface area contributed by atoms with Gasteiger partial charge in [-0.15, -0.1) is 0 Å². The highest BCUT2D eigenvalue weighted by Gasteiger charge is 2.29. The molecule has 1 N–H and O–H groups in total. The maximum Gasteiger partial charge on any atom is 0.0949 e. The van der Waals surface area contributed by atoms with Gasteiger partial charge in [-0.05, 0) is 32.1 Å². The maximum atomic E-state index is 4.21. The number of hydrogen-bond donors (Lipinski definition) is 1. The molecule has 2 fully saturated rings. The molecule has 3 heteroatoms. The predicted molar refractivity (Wildman–Crippen MR) is 78.1 cm³/mol. The van der Waals surface area contributed by atoms with Crippen LogP contribution in [-0.4, -0.2) is 21.6 Å². The molecule has 2 atom stereocenters. The zero-order valence-electron chi connectivity index (χ0n) is 11.9. The highest BCUT2D eigenvalue weighted by Crippen LogP contribution is 2.31. The third-order valence-electron chi connectivity index (χ3n) is 4.94. The number of nitrogens with zero attached hydrogens (tertiary/aromatic N) is 2. The van der Waals surface area contributed by atoms with Crippen molar-refractivity contribution in [3.05, 3.63) is 18.7 Å². The van der Waals surface area contributed by atoms with E-state index < -0.39 is 0 Å². The lowest BCUT2D eigenvalue weighted by Gasteiger charge is -2.29. The van der Waals surface area contributed by atoms with E-state index in [1.54, 1.807) is 0 Å². The first kappa shape index (κ1) is 13.2. The molecule has 2 unspecified atom stereocenters. The molecule has 3 rings (SSSR count). The second kappa shape index (κ2) is 6.56. The van der Waals surface area contributed by atoms with Gasteiger partial charge in [0.05, 0.1) is 6.33 Å². The minimum absolute atomic E-state index is 0.632. The maximum absolute atomic E-state index is 4.21. The molecule has 0 amide bonds. The zero-order valence-corrected chi connectivity index (χ0v) is 11.9. The van der Waals surface area contributed by atoms with Crippen molar-refractivity contribution in [2.24, 2.45) is 0 Å². The van der Waals surface area contributed by atoms with Crippen molar-refractivity contribution in [2.45, 2.75) is 82.3 Å². The van der Waals surface area contributed by atoms with Crippen LogP contribution in [-0.2, 0) is 0 Å². The van der Waals surface area contributed by atoms with E-state index in [1.807, 2.05) is 12.5 Å². The highest BCUT2D eigenvalue weighted by atomic mass is 15.1. The van der Waals surface area contributed by atoms with Crippen LogP contribution in [0.4, 0.5) is 0 Å². The molecule has 0 bridgehead atoms. The van der Waals surface area contributed by atoms with Gasteiger partial charge in [0.25, 0.3) is 0 Å². The van der Waals surface area contributed by atoms with Crippen LogP contribution in [0.25, 0.3) is 0 Å². The molecule has 1 aromatic rings. The molecule has 0 aliphatic heterocycles. The average Bonchev–Trinajstić information content (AvgIpc) is 3.02. The van der Waals surface area contributed by atoms with Gasteiger partial charge < -0.3 is 9.88 Å². The van der Waals surface area contributed by atoms with Gasteiger partial charge in [0.1, 0.15) is 0 Å². The van der Waals surface area contributed by atoms with Gasteiger partial charge in [0.2, 0.25) is 0 Å².